The molecule has 1 aromatic carbocycles. The highest BCUT2D eigenvalue weighted by molar-refractivity contribution is 9.10. The first-order valence-corrected chi connectivity index (χ1v) is 9.94. The van der Waals surface area contributed by atoms with Gasteiger partial charge in [0.1, 0.15) is 6.54 Å². The van der Waals surface area contributed by atoms with Crippen molar-refractivity contribution in [2.75, 3.05) is 18.4 Å². The summed E-state index contributed by atoms with van der Waals surface area (Å²) >= 11 is 3.48. The van der Waals surface area contributed by atoms with E-state index in [1.54, 1.807) is 17.3 Å². The Bertz CT molecular complexity index is 863. The van der Waals surface area contributed by atoms with Crippen LogP contribution in [0.1, 0.15) is 48.2 Å². The highest BCUT2D eigenvalue weighted by Crippen LogP contribution is 2.52. The van der Waals surface area contributed by atoms with E-state index in [9.17, 15) is 9.59 Å². The summed E-state index contributed by atoms with van der Waals surface area (Å²) in [6.45, 7) is 6.47. The molecule has 1 N–H and O–H groups in total. The Morgan fingerprint density at radius 1 is 1.26 bits per heavy atom. The summed E-state index contributed by atoms with van der Waals surface area (Å²) in [7, 11) is 0. The van der Waals surface area contributed by atoms with Crippen LogP contribution in [0.2, 0.25) is 0 Å². The summed E-state index contributed by atoms with van der Waals surface area (Å²) in [5, 5.41) is 2.66. The van der Waals surface area contributed by atoms with Crippen molar-refractivity contribution in [1.82, 2.24) is 14.9 Å². The standard InChI is InChI=1S/C18H17BrN4O2.C2H6/c1-11-7-20-17(21-8-11)22-15(24)9-23-10-18(4-5-18)14-6-12(19)2-3-13(14)16(23)25;1-2/h2-3,6-8H,4-5,9-10H2,1H3,(H,20,21,22,24);1-2H3. The van der Waals surface area contributed by atoms with Crippen LogP contribution in [-0.4, -0.2) is 39.8 Å². The third-order valence-electron chi connectivity index (χ3n) is 4.78. The number of benzene rings is 1. The van der Waals surface area contributed by atoms with Crippen LogP contribution in [0.3, 0.4) is 0 Å². The second-order valence-electron chi connectivity index (χ2n) is 6.76. The lowest BCUT2D eigenvalue weighted by Gasteiger charge is -2.34. The van der Waals surface area contributed by atoms with Crippen LogP contribution in [0.5, 0.6) is 0 Å². The third-order valence-corrected chi connectivity index (χ3v) is 5.28. The van der Waals surface area contributed by atoms with Gasteiger partial charge in [0.2, 0.25) is 11.9 Å². The highest BCUT2D eigenvalue weighted by Gasteiger charge is 2.51. The Morgan fingerprint density at radius 3 is 2.56 bits per heavy atom. The SMILES string of the molecule is CC.Cc1cnc(NC(=O)CN2CC3(CC3)c3cc(Br)ccc3C2=O)nc1. The monoisotopic (exact) mass is 430 g/mol. The molecule has 7 heteroatoms. The lowest BCUT2D eigenvalue weighted by atomic mass is 9.86. The minimum absolute atomic E-state index is 0.00727. The second kappa shape index (κ2) is 7.76. The fraction of sp³-hybridized carbons (Fsp3) is 0.400. The van der Waals surface area contributed by atoms with Crippen LogP contribution in [0.15, 0.2) is 35.1 Å². The third kappa shape index (κ3) is 4.03. The fourth-order valence-corrected chi connectivity index (χ4v) is 3.70. The number of rotatable bonds is 3. The Morgan fingerprint density at radius 2 is 1.93 bits per heavy atom. The van der Waals surface area contributed by atoms with Crippen molar-refractivity contribution in [3.63, 3.8) is 0 Å². The van der Waals surface area contributed by atoms with Gasteiger partial charge in [0.25, 0.3) is 5.91 Å². The molecule has 1 aliphatic carbocycles. The van der Waals surface area contributed by atoms with Crippen LogP contribution in [0.4, 0.5) is 5.95 Å². The lowest BCUT2D eigenvalue weighted by Crippen LogP contribution is -2.46. The van der Waals surface area contributed by atoms with E-state index in [0.29, 0.717) is 12.1 Å². The van der Waals surface area contributed by atoms with Crippen LogP contribution in [0.25, 0.3) is 0 Å². The number of aryl methyl sites for hydroxylation is 1. The summed E-state index contributed by atoms with van der Waals surface area (Å²) in [4.78, 5) is 34.9. The van der Waals surface area contributed by atoms with Crippen molar-refractivity contribution in [2.45, 2.75) is 39.0 Å². The molecule has 0 radical (unpaired) electrons. The molecule has 0 bridgehead atoms. The fourth-order valence-electron chi connectivity index (χ4n) is 3.34. The van der Waals surface area contributed by atoms with Crippen LogP contribution >= 0.6 is 15.9 Å². The quantitative estimate of drug-likeness (QED) is 0.804. The van der Waals surface area contributed by atoms with Crippen molar-refractivity contribution < 1.29 is 9.59 Å². The molecule has 1 fully saturated rings. The number of aromatic nitrogens is 2. The average Bonchev–Trinajstić information content (AvgIpc) is 3.43. The molecule has 0 unspecified atom stereocenters. The van der Waals surface area contributed by atoms with Gasteiger partial charge in [-0.25, -0.2) is 9.97 Å². The number of fused-ring (bicyclic) bond motifs is 2. The van der Waals surface area contributed by atoms with Crippen molar-refractivity contribution in [3.05, 3.63) is 51.8 Å². The smallest absolute Gasteiger partial charge is 0.254 e. The minimum Gasteiger partial charge on any atom is -0.328 e. The topological polar surface area (TPSA) is 75.2 Å². The van der Waals surface area contributed by atoms with Gasteiger partial charge >= 0.3 is 0 Å². The molecule has 2 aromatic rings. The van der Waals surface area contributed by atoms with Crippen molar-refractivity contribution in [1.29, 1.82) is 0 Å². The lowest BCUT2D eigenvalue weighted by molar-refractivity contribution is -0.117. The van der Waals surface area contributed by atoms with E-state index in [-0.39, 0.29) is 29.7 Å². The summed E-state index contributed by atoms with van der Waals surface area (Å²) in [6, 6.07) is 5.75. The molecule has 4 rings (SSSR count). The van der Waals surface area contributed by atoms with Crippen LogP contribution in [0, 0.1) is 6.92 Å². The number of carbonyl (C=O) groups is 2. The van der Waals surface area contributed by atoms with E-state index < -0.39 is 0 Å². The number of hydrogen-bond donors (Lipinski definition) is 1. The maximum Gasteiger partial charge on any atom is 0.254 e. The number of nitrogens with zero attached hydrogens (tertiary/aromatic N) is 3. The van der Waals surface area contributed by atoms with Gasteiger partial charge in [-0.15, -0.1) is 0 Å². The normalized spacial score (nSPS) is 16.3. The van der Waals surface area contributed by atoms with Crippen LogP contribution in [-0.2, 0) is 10.2 Å². The van der Waals surface area contributed by atoms with E-state index in [0.717, 1.165) is 28.4 Å². The molecule has 6 nitrogen and oxygen atoms in total. The van der Waals surface area contributed by atoms with Crippen molar-refractivity contribution in [2.24, 2.45) is 0 Å². The molecule has 1 spiro atoms. The summed E-state index contributed by atoms with van der Waals surface area (Å²) in [5.74, 6) is -0.126. The summed E-state index contributed by atoms with van der Waals surface area (Å²) < 4.78 is 0.980. The van der Waals surface area contributed by atoms with Crippen LogP contribution < -0.4 is 5.32 Å². The number of halogens is 1. The Balaban J connectivity index is 0.00000102. The number of hydrogen-bond acceptors (Lipinski definition) is 4. The van der Waals surface area contributed by atoms with Gasteiger partial charge in [-0.05, 0) is 49.1 Å². The summed E-state index contributed by atoms with van der Waals surface area (Å²) in [6.07, 6.45) is 5.37. The zero-order valence-corrected chi connectivity index (χ0v) is 17.3. The molecule has 1 aliphatic heterocycles. The number of carbonyl (C=O) groups excluding carboxylic acids is 2. The van der Waals surface area contributed by atoms with E-state index >= 15 is 0 Å². The van der Waals surface area contributed by atoms with Gasteiger partial charge in [-0.3, -0.25) is 14.9 Å². The predicted octanol–water partition coefficient (Wildman–Crippen LogP) is 3.70. The number of amides is 2. The zero-order chi connectivity index (χ0) is 19.6. The molecule has 1 saturated carbocycles. The molecule has 0 atom stereocenters. The number of nitrogens with one attached hydrogen (secondary N) is 1. The van der Waals surface area contributed by atoms with E-state index in [4.69, 9.17) is 0 Å². The molecule has 0 saturated heterocycles. The Labute approximate surface area is 167 Å². The molecule has 142 valence electrons. The first-order valence-electron chi connectivity index (χ1n) is 9.15. The van der Waals surface area contributed by atoms with Gasteiger partial charge in [-0.2, -0.15) is 0 Å². The van der Waals surface area contributed by atoms with Gasteiger partial charge in [-0.1, -0.05) is 29.8 Å². The Kier molecular flexibility index (Phi) is 5.60. The molecule has 1 aromatic heterocycles. The molecule has 2 aliphatic rings. The van der Waals surface area contributed by atoms with E-state index in [2.05, 4.69) is 31.2 Å². The van der Waals surface area contributed by atoms with Gasteiger partial charge in [0.15, 0.2) is 0 Å². The molecular formula is C20H23BrN4O2. The van der Waals surface area contributed by atoms with Gasteiger partial charge in [0.05, 0.1) is 0 Å². The second-order valence-corrected chi connectivity index (χ2v) is 7.68. The zero-order valence-electron chi connectivity index (χ0n) is 15.8. The average molecular weight is 431 g/mol. The van der Waals surface area contributed by atoms with Crippen molar-refractivity contribution in [3.8, 4) is 0 Å². The first-order chi connectivity index (χ1) is 13.0. The maximum atomic E-state index is 12.8. The van der Waals surface area contributed by atoms with Gasteiger partial charge in [0, 0.05) is 34.4 Å². The molecule has 2 heterocycles. The first kappa shape index (κ1) is 19.5. The molecular weight excluding hydrogens is 408 g/mol. The predicted molar refractivity (Wildman–Crippen MR) is 108 cm³/mol. The highest BCUT2D eigenvalue weighted by atomic mass is 79.9. The maximum absolute atomic E-state index is 12.8. The largest absolute Gasteiger partial charge is 0.328 e. The summed E-state index contributed by atoms with van der Waals surface area (Å²) in [5.41, 5.74) is 2.73. The van der Waals surface area contributed by atoms with Gasteiger partial charge < -0.3 is 4.90 Å². The Hall–Kier alpha value is -2.28. The number of anilines is 1. The van der Waals surface area contributed by atoms with E-state index in [1.165, 1.54) is 0 Å². The van der Waals surface area contributed by atoms with Crippen molar-refractivity contribution >= 4 is 33.7 Å². The molecule has 2 amide bonds. The van der Waals surface area contributed by atoms with E-state index in [1.807, 2.05) is 39.0 Å². The molecule has 27 heavy (non-hydrogen) atoms. The minimum atomic E-state index is -0.284.